The molecular weight excluding hydrogens is 1020 g/mol. The number of benzene rings is 4. The summed E-state index contributed by atoms with van der Waals surface area (Å²) in [5, 5.41) is 16.9. The number of fused-ring (bicyclic) bond motifs is 1. The summed E-state index contributed by atoms with van der Waals surface area (Å²) in [6, 6.07) is 25.5. The second-order valence-electron chi connectivity index (χ2n) is 21.5. The molecule has 2 unspecified atom stereocenters. The molecule has 3 aliphatic rings. The number of H-pyrrole nitrogens is 1. The van der Waals surface area contributed by atoms with Crippen LogP contribution in [0.3, 0.4) is 0 Å². The molecule has 16 nitrogen and oxygen atoms in total. The maximum Gasteiger partial charge on any atom is 0.255 e. The minimum atomic E-state index is -0.894. The number of ether oxygens (including phenoxy) is 3. The summed E-state index contributed by atoms with van der Waals surface area (Å²) in [6.07, 6.45) is 1.01. The van der Waals surface area contributed by atoms with Crippen molar-refractivity contribution in [1.29, 1.82) is 0 Å². The first kappa shape index (κ1) is 56.5. The van der Waals surface area contributed by atoms with E-state index >= 15 is 0 Å². The van der Waals surface area contributed by atoms with Crippen LogP contribution < -0.4 is 25.8 Å². The second-order valence-corrected chi connectivity index (χ2v) is 22.3. The summed E-state index contributed by atoms with van der Waals surface area (Å²) in [4.78, 5) is 83.1. The lowest BCUT2D eigenvalue weighted by molar-refractivity contribution is -0.143. The lowest BCUT2D eigenvalue weighted by atomic mass is 9.95. The number of thiazole rings is 1. The molecule has 5 heterocycles. The van der Waals surface area contributed by atoms with Crippen molar-refractivity contribution < 1.29 is 38.5 Å². The molecule has 9 rings (SSSR count). The number of β-amino-alcohol motifs (C(OH)–C–C–N with tert-alkyl or cyclic N) is 1. The van der Waals surface area contributed by atoms with E-state index in [1.807, 2.05) is 133 Å². The molecule has 6 aromatic rings. The van der Waals surface area contributed by atoms with E-state index in [0.717, 1.165) is 85.8 Å². The molecule has 4 amide bonds. The molecule has 0 bridgehead atoms. The first-order valence-corrected chi connectivity index (χ1v) is 28.4. The number of pyridine rings is 1. The zero-order chi connectivity index (χ0) is 56.1. The van der Waals surface area contributed by atoms with Gasteiger partial charge in [0.2, 0.25) is 11.8 Å². The Morgan fingerprint density at radius 1 is 0.911 bits per heavy atom. The third kappa shape index (κ3) is 12.7. The summed E-state index contributed by atoms with van der Waals surface area (Å²) >= 11 is 1.58. The number of aromatic amines is 1. The molecule has 416 valence electrons. The fourth-order valence-electron chi connectivity index (χ4n) is 11.4. The van der Waals surface area contributed by atoms with E-state index in [-0.39, 0.29) is 93.1 Å². The number of anilines is 1. The third-order valence-electron chi connectivity index (χ3n) is 15.6. The highest BCUT2D eigenvalue weighted by Crippen LogP contribution is 2.36. The van der Waals surface area contributed by atoms with Crippen molar-refractivity contribution in [2.24, 2.45) is 5.92 Å². The van der Waals surface area contributed by atoms with Crippen molar-refractivity contribution in [3.05, 3.63) is 157 Å². The number of likely N-dealkylation sites (tertiary alicyclic amines) is 1. The van der Waals surface area contributed by atoms with Gasteiger partial charge in [0.25, 0.3) is 17.4 Å². The predicted molar refractivity (Wildman–Crippen MR) is 306 cm³/mol. The van der Waals surface area contributed by atoms with Crippen molar-refractivity contribution >= 4 is 40.7 Å². The zero-order valence-corrected chi connectivity index (χ0v) is 47.3. The minimum Gasteiger partial charge on any atom is -0.491 e. The number of amides is 4. The van der Waals surface area contributed by atoms with Gasteiger partial charge in [-0.2, -0.15) is 0 Å². The van der Waals surface area contributed by atoms with Gasteiger partial charge in [0.05, 0.1) is 41.4 Å². The van der Waals surface area contributed by atoms with E-state index in [4.69, 9.17) is 14.2 Å². The van der Waals surface area contributed by atoms with E-state index in [9.17, 15) is 29.1 Å². The smallest absolute Gasteiger partial charge is 0.255 e. The van der Waals surface area contributed by atoms with Gasteiger partial charge in [-0.25, -0.2) is 4.98 Å². The number of hydrogen-bond acceptors (Lipinski definition) is 12. The normalized spacial score (nSPS) is 17.2. The molecule has 79 heavy (non-hydrogen) atoms. The van der Waals surface area contributed by atoms with Crippen LogP contribution in [0.4, 0.5) is 5.69 Å². The van der Waals surface area contributed by atoms with Crippen molar-refractivity contribution in [2.45, 2.75) is 125 Å². The van der Waals surface area contributed by atoms with Crippen LogP contribution >= 0.6 is 11.3 Å². The summed E-state index contributed by atoms with van der Waals surface area (Å²) in [6.45, 7) is 18.8. The van der Waals surface area contributed by atoms with Crippen LogP contribution in [0.5, 0.6) is 5.75 Å². The highest BCUT2D eigenvalue weighted by Gasteiger charge is 2.46. The van der Waals surface area contributed by atoms with Crippen molar-refractivity contribution in [3.63, 3.8) is 0 Å². The molecule has 3 aliphatic heterocycles. The van der Waals surface area contributed by atoms with E-state index in [1.165, 1.54) is 4.90 Å². The summed E-state index contributed by atoms with van der Waals surface area (Å²) in [7, 11) is 0. The average molecular weight is 1090 g/mol. The largest absolute Gasteiger partial charge is 0.491 e. The molecule has 4 aromatic carbocycles. The molecule has 2 saturated heterocycles. The lowest BCUT2D eigenvalue weighted by Crippen LogP contribution is -2.55. The fraction of sp³-hybridized carbons (Fsp3) is 0.419. The standard InChI is InChI=1S/C62H73N7O9S/c1-9-67(48-20-22-76-23-21-48)54-29-47(28-51(39(54)6)58(71)63-31-53-37(4)26-38(5)65-59(53)72)44-16-18-50(19-17-44)78-25-24-77-34-42-10-11-46-32-69(61(74)52(46)27-42)56(36(2)3)62(75)68-33-49(70)30-55(68)60(73)66-40(7)43-12-14-45(15-13-43)57-41(8)64-35-79-57/h10-19,26-29,35-36,40,48-49,55-56,70H,9,20-25,30-34H2,1-8H3,(H,63,71)(H,65,72)(H,66,73)/t40?,49-,55+,56?/m1/s1. The Morgan fingerprint density at radius 2 is 1.65 bits per heavy atom. The maximum absolute atomic E-state index is 14.5. The Bertz CT molecular complexity index is 3240. The van der Waals surface area contributed by atoms with Gasteiger partial charge in [-0.15, -0.1) is 11.3 Å². The number of rotatable bonds is 20. The molecule has 0 aliphatic carbocycles. The lowest BCUT2D eigenvalue weighted by Gasteiger charge is -2.37. The van der Waals surface area contributed by atoms with Gasteiger partial charge in [-0.1, -0.05) is 62.4 Å². The van der Waals surface area contributed by atoms with E-state index < -0.39 is 18.2 Å². The number of nitrogens with zero attached hydrogens (tertiary/aromatic N) is 4. The predicted octanol–water partition coefficient (Wildman–Crippen LogP) is 8.75. The van der Waals surface area contributed by atoms with Gasteiger partial charge in [-0.3, -0.25) is 24.0 Å². The summed E-state index contributed by atoms with van der Waals surface area (Å²) < 4.78 is 17.8. The number of aliphatic hydroxyl groups excluding tert-OH is 1. The Hall–Kier alpha value is -7.18. The van der Waals surface area contributed by atoms with Crippen LogP contribution in [0, 0.1) is 33.6 Å². The highest BCUT2D eigenvalue weighted by atomic mass is 32.1. The highest BCUT2D eigenvalue weighted by molar-refractivity contribution is 7.13. The Labute approximate surface area is 466 Å². The summed E-state index contributed by atoms with van der Waals surface area (Å²) in [5.41, 5.74) is 12.9. The zero-order valence-electron chi connectivity index (χ0n) is 46.5. The van der Waals surface area contributed by atoms with Crippen LogP contribution in [0.1, 0.15) is 118 Å². The molecule has 4 N–H and O–H groups in total. The van der Waals surface area contributed by atoms with Gasteiger partial charge >= 0.3 is 0 Å². The van der Waals surface area contributed by atoms with Crippen LogP contribution in [0.2, 0.25) is 0 Å². The SMILES string of the molecule is CCN(c1cc(-c2ccc(OCCOCc3ccc4c(c3)C(=O)N(C(C(=O)N3C[C@H](O)C[C@H]3C(=O)NC(C)c3ccc(-c5scnc5C)cc3)C(C)C)C4)cc2)cc(C(=O)NCc2c(C)cc(C)[nH]c2=O)c1C)C1CCOCC1. The van der Waals surface area contributed by atoms with E-state index in [1.54, 1.807) is 16.2 Å². The third-order valence-corrected chi connectivity index (χ3v) is 16.6. The second kappa shape index (κ2) is 24.9. The fourth-order valence-corrected chi connectivity index (χ4v) is 12.2. The van der Waals surface area contributed by atoms with Crippen LogP contribution in [0.15, 0.2) is 95.2 Å². The Kier molecular flexibility index (Phi) is 17.8. The molecule has 0 saturated carbocycles. The maximum atomic E-state index is 14.5. The number of carbonyl (C=O) groups is 4. The molecule has 0 spiro atoms. The summed E-state index contributed by atoms with van der Waals surface area (Å²) in [5.74, 6) is -0.867. The molecule has 0 radical (unpaired) electrons. The minimum absolute atomic E-state index is 0.00338. The number of hydrogen-bond donors (Lipinski definition) is 4. The molecule has 2 fully saturated rings. The van der Waals surface area contributed by atoms with Crippen LogP contribution in [-0.4, -0.2) is 112 Å². The van der Waals surface area contributed by atoms with E-state index in [0.29, 0.717) is 35.7 Å². The average Bonchev–Trinajstić information content (AvgIpc) is 4.19. The van der Waals surface area contributed by atoms with Gasteiger partial charge in [0, 0.05) is 79.9 Å². The first-order valence-electron chi connectivity index (χ1n) is 27.5. The van der Waals surface area contributed by atoms with Gasteiger partial charge in [0.1, 0.15) is 24.4 Å². The van der Waals surface area contributed by atoms with Crippen molar-refractivity contribution in [2.75, 3.05) is 44.4 Å². The molecule has 2 aromatic heterocycles. The Morgan fingerprint density at radius 3 is 2.33 bits per heavy atom. The number of aromatic nitrogens is 2. The van der Waals surface area contributed by atoms with Gasteiger partial charge < -0.3 is 49.6 Å². The van der Waals surface area contributed by atoms with Crippen LogP contribution in [-0.2, 0) is 38.8 Å². The van der Waals surface area contributed by atoms with Crippen LogP contribution in [0.25, 0.3) is 21.6 Å². The number of nitrogens with one attached hydrogen (secondary N) is 3. The monoisotopic (exact) mass is 1090 g/mol. The number of aryl methyl sites for hydroxylation is 3. The topological polar surface area (TPSA) is 196 Å². The molecule has 4 atom stereocenters. The number of aliphatic hydroxyl groups is 1. The van der Waals surface area contributed by atoms with Crippen molar-refractivity contribution in [1.82, 2.24) is 30.4 Å². The van der Waals surface area contributed by atoms with Gasteiger partial charge in [-0.05, 0) is 141 Å². The Balaban J connectivity index is 0.799. The molecule has 17 heteroatoms. The first-order chi connectivity index (χ1) is 38.0. The van der Waals surface area contributed by atoms with Gasteiger partial charge in [0.15, 0.2) is 0 Å². The van der Waals surface area contributed by atoms with E-state index in [2.05, 4.69) is 38.5 Å². The quantitative estimate of drug-likeness (QED) is 0.0534. The molecular formula is C62H73N7O9S. The van der Waals surface area contributed by atoms with Crippen molar-refractivity contribution in [3.8, 4) is 27.3 Å². The number of carbonyl (C=O) groups excluding carboxylic acids is 4.